The van der Waals surface area contributed by atoms with Crippen LogP contribution in [-0.2, 0) is 9.53 Å². The molecule has 4 rings (SSSR count). The summed E-state index contributed by atoms with van der Waals surface area (Å²) in [4.78, 5) is 29.0. The van der Waals surface area contributed by atoms with Crippen molar-refractivity contribution in [2.24, 2.45) is 4.99 Å². The molecule has 2 heterocycles. The number of fused-ring (bicyclic) bond motifs is 3. The van der Waals surface area contributed by atoms with Crippen molar-refractivity contribution in [1.29, 1.82) is 0 Å². The molecule has 0 bridgehead atoms. The number of alkyl carbamates (subject to hydrolysis) is 1. The van der Waals surface area contributed by atoms with Crippen molar-refractivity contribution in [2.75, 3.05) is 13.2 Å². The second-order valence-electron chi connectivity index (χ2n) is 10.2. The van der Waals surface area contributed by atoms with Gasteiger partial charge in [0.05, 0.1) is 18.0 Å². The second kappa shape index (κ2) is 11.3. The van der Waals surface area contributed by atoms with Gasteiger partial charge in [0.25, 0.3) is 0 Å². The fraction of sp³-hybridized carbons (Fsp3) is 0.393. The van der Waals surface area contributed by atoms with Crippen LogP contribution in [0.4, 0.5) is 4.79 Å². The molecule has 0 saturated heterocycles. The number of ether oxygens (including phenoxy) is 2. The molecular weight excluding hydrogens is 506 g/mol. The Balaban J connectivity index is 1.62. The van der Waals surface area contributed by atoms with Gasteiger partial charge in [-0.3, -0.25) is 14.4 Å². The summed E-state index contributed by atoms with van der Waals surface area (Å²) in [6.45, 7) is 9.71. The molecule has 200 valence electrons. The topological polar surface area (TPSA) is 108 Å². The first-order valence-corrected chi connectivity index (χ1v) is 12.9. The van der Waals surface area contributed by atoms with Gasteiger partial charge in [0, 0.05) is 29.1 Å². The van der Waals surface area contributed by atoms with Crippen molar-refractivity contribution in [1.82, 2.24) is 20.1 Å². The van der Waals surface area contributed by atoms with Crippen LogP contribution in [0.25, 0.3) is 5.69 Å². The molecule has 38 heavy (non-hydrogen) atoms. The van der Waals surface area contributed by atoms with Gasteiger partial charge in [-0.15, -0.1) is 10.2 Å². The van der Waals surface area contributed by atoms with Crippen LogP contribution >= 0.6 is 11.6 Å². The molecule has 1 amide bonds. The smallest absolute Gasteiger partial charge is 0.407 e. The van der Waals surface area contributed by atoms with E-state index in [0.717, 1.165) is 16.8 Å². The standard InChI is InChI=1S/C28H32ClN5O4/c1-17(35)15-23-26-33-32-18(2)34(26)24-12-11-21(37-14-6-13-30-27(36)38-28(3,4)5)16-22(24)25(31-23)19-7-9-20(29)10-8-19/h7-12,16,23H,6,13-15H2,1-5H3,(H,30,36)/t23-/m0/s1. The Morgan fingerprint density at radius 1 is 1.11 bits per heavy atom. The lowest BCUT2D eigenvalue weighted by atomic mass is 10.00. The molecule has 0 spiro atoms. The minimum atomic E-state index is -0.543. The summed E-state index contributed by atoms with van der Waals surface area (Å²) in [5.41, 5.74) is 2.70. The zero-order chi connectivity index (χ0) is 27.4. The van der Waals surface area contributed by atoms with Crippen molar-refractivity contribution in [3.8, 4) is 11.4 Å². The number of aryl methyl sites for hydroxylation is 1. The molecule has 1 aliphatic heterocycles. The van der Waals surface area contributed by atoms with Crippen LogP contribution in [0.5, 0.6) is 5.75 Å². The van der Waals surface area contributed by atoms with Crippen molar-refractivity contribution < 1.29 is 19.1 Å². The van der Waals surface area contributed by atoms with Crippen LogP contribution in [-0.4, -0.2) is 51.1 Å². The van der Waals surface area contributed by atoms with Crippen LogP contribution in [0.3, 0.4) is 0 Å². The monoisotopic (exact) mass is 537 g/mol. The van der Waals surface area contributed by atoms with Crippen LogP contribution in [0.1, 0.15) is 69.4 Å². The molecule has 10 heteroatoms. The van der Waals surface area contributed by atoms with Gasteiger partial charge in [0.2, 0.25) is 0 Å². The van der Waals surface area contributed by atoms with E-state index in [9.17, 15) is 9.59 Å². The molecule has 1 aromatic heterocycles. The molecule has 0 radical (unpaired) electrons. The number of rotatable bonds is 8. The lowest BCUT2D eigenvalue weighted by molar-refractivity contribution is -0.117. The van der Waals surface area contributed by atoms with Gasteiger partial charge >= 0.3 is 6.09 Å². The number of aliphatic imine (C=N–C) groups is 1. The number of hydrogen-bond donors (Lipinski definition) is 1. The van der Waals surface area contributed by atoms with Gasteiger partial charge in [-0.2, -0.15) is 0 Å². The number of nitrogens with one attached hydrogen (secondary N) is 1. The normalized spacial score (nSPS) is 14.6. The summed E-state index contributed by atoms with van der Waals surface area (Å²) < 4.78 is 13.2. The Hall–Kier alpha value is -3.72. The van der Waals surface area contributed by atoms with Crippen molar-refractivity contribution in [3.63, 3.8) is 0 Å². The lowest BCUT2D eigenvalue weighted by Gasteiger charge is -2.19. The average molecular weight is 538 g/mol. The van der Waals surface area contributed by atoms with Crippen molar-refractivity contribution in [2.45, 2.75) is 59.1 Å². The van der Waals surface area contributed by atoms with Gasteiger partial charge in [-0.1, -0.05) is 23.7 Å². The summed E-state index contributed by atoms with van der Waals surface area (Å²) in [5.74, 6) is 1.98. The number of halogens is 1. The fourth-order valence-corrected chi connectivity index (χ4v) is 4.30. The largest absolute Gasteiger partial charge is 0.494 e. The Kier molecular flexibility index (Phi) is 8.16. The van der Waals surface area contributed by atoms with Gasteiger partial charge in [-0.25, -0.2) is 4.79 Å². The first kappa shape index (κ1) is 27.3. The summed E-state index contributed by atoms with van der Waals surface area (Å²) >= 11 is 6.16. The van der Waals surface area contributed by atoms with Crippen LogP contribution in [0.2, 0.25) is 5.02 Å². The Morgan fingerprint density at radius 2 is 1.84 bits per heavy atom. The highest BCUT2D eigenvalue weighted by Gasteiger charge is 2.29. The molecule has 2 aromatic carbocycles. The third kappa shape index (κ3) is 6.58. The van der Waals surface area contributed by atoms with E-state index in [4.69, 9.17) is 26.1 Å². The molecule has 3 aromatic rings. The molecule has 1 N–H and O–H groups in total. The summed E-state index contributed by atoms with van der Waals surface area (Å²) in [6, 6.07) is 12.7. The molecule has 0 fully saturated rings. The first-order chi connectivity index (χ1) is 18.0. The fourth-order valence-electron chi connectivity index (χ4n) is 4.18. The van der Waals surface area contributed by atoms with E-state index in [-0.39, 0.29) is 12.2 Å². The quantitative estimate of drug-likeness (QED) is 0.386. The lowest BCUT2D eigenvalue weighted by Crippen LogP contribution is -2.33. The van der Waals surface area contributed by atoms with Gasteiger partial charge in [0.1, 0.15) is 29.0 Å². The third-order valence-electron chi connectivity index (χ3n) is 5.75. The van der Waals surface area contributed by atoms with Gasteiger partial charge in [-0.05, 0) is 71.4 Å². The minimum Gasteiger partial charge on any atom is -0.494 e. The van der Waals surface area contributed by atoms with Gasteiger partial charge < -0.3 is 14.8 Å². The summed E-state index contributed by atoms with van der Waals surface area (Å²) in [7, 11) is 0. The number of carbonyl (C=O) groups excluding carboxylic acids is 2. The van der Waals surface area contributed by atoms with Crippen LogP contribution in [0, 0.1) is 6.92 Å². The first-order valence-electron chi connectivity index (χ1n) is 12.5. The number of hydrogen-bond acceptors (Lipinski definition) is 7. The van der Waals surface area contributed by atoms with E-state index in [1.807, 2.05) is 74.7 Å². The number of benzene rings is 2. The predicted molar refractivity (Wildman–Crippen MR) is 146 cm³/mol. The number of amides is 1. The second-order valence-corrected chi connectivity index (χ2v) is 10.6. The van der Waals surface area contributed by atoms with Crippen molar-refractivity contribution in [3.05, 3.63) is 70.3 Å². The molecule has 9 nitrogen and oxygen atoms in total. The van der Waals surface area contributed by atoms with E-state index in [1.165, 1.54) is 0 Å². The Morgan fingerprint density at radius 3 is 2.53 bits per heavy atom. The number of carbonyl (C=O) groups is 2. The summed E-state index contributed by atoms with van der Waals surface area (Å²) in [5, 5.41) is 12.0. The highest BCUT2D eigenvalue weighted by atomic mass is 35.5. The van der Waals surface area contributed by atoms with Crippen LogP contribution in [0.15, 0.2) is 47.5 Å². The number of nitrogens with zero attached hydrogens (tertiary/aromatic N) is 4. The maximum atomic E-state index is 12.1. The predicted octanol–water partition coefficient (Wildman–Crippen LogP) is 5.39. The zero-order valence-electron chi connectivity index (χ0n) is 22.2. The third-order valence-corrected chi connectivity index (χ3v) is 6.01. The molecule has 0 saturated carbocycles. The van der Waals surface area contributed by atoms with Crippen molar-refractivity contribution >= 4 is 29.2 Å². The van der Waals surface area contributed by atoms with Gasteiger partial charge in [0.15, 0.2) is 5.82 Å². The molecule has 1 aliphatic rings. The minimum absolute atomic E-state index is 0.0105. The number of aromatic nitrogens is 3. The number of ketones is 1. The molecular formula is C28H32ClN5O4. The van der Waals surface area contributed by atoms with Crippen LogP contribution < -0.4 is 10.1 Å². The number of Topliss-reactive ketones (excluding diaryl/α,β-unsaturated/α-hetero) is 1. The van der Waals surface area contributed by atoms with E-state index >= 15 is 0 Å². The van der Waals surface area contributed by atoms with E-state index in [1.54, 1.807) is 6.92 Å². The Labute approximate surface area is 227 Å². The van der Waals surface area contributed by atoms with E-state index in [2.05, 4.69) is 15.5 Å². The average Bonchev–Trinajstić information content (AvgIpc) is 3.15. The van der Waals surface area contributed by atoms with E-state index in [0.29, 0.717) is 47.7 Å². The molecule has 0 aliphatic carbocycles. The van der Waals surface area contributed by atoms with E-state index < -0.39 is 17.7 Å². The Bertz CT molecular complexity index is 1360. The highest BCUT2D eigenvalue weighted by molar-refractivity contribution is 6.30. The maximum absolute atomic E-state index is 12.1. The highest BCUT2D eigenvalue weighted by Crippen LogP contribution is 2.34. The zero-order valence-corrected chi connectivity index (χ0v) is 23.0. The molecule has 1 atom stereocenters. The SMILES string of the molecule is CC(=O)C[C@@H]1N=C(c2ccc(Cl)cc2)c2cc(OCCCNC(=O)OC(C)(C)C)ccc2-n2c(C)nnc21. The maximum Gasteiger partial charge on any atom is 0.407 e. The molecule has 0 unspecified atom stereocenters. The summed E-state index contributed by atoms with van der Waals surface area (Å²) in [6.07, 6.45) is 0.354.